The van der Waals surface area contributed by atoms with Crippen LogP contribution < -0.4 is 0 Å². The average molecular weight is 249 g/mol. The van der Waals surface area contributed by atoms with Gasteiger partial charge in [-0.15, -0.1) is 0 Å². The van der Waals surface area contributed by atoms with Crippen molar-refractivity contribution in [3.05, 3.63) is 39.9 Å². The zero-order chi connectivity index (χ0) is 13.1. The average Bonchev–Trinajstić information content (AvgIpc) is 2.39. The number of carboxylic acid groups (broad SMARTS) is 1. The number of non-ortho nitro benzene ring substituents is 1. The van der Waals surface area contributed by atoms with Crippen LogP contribution in [0.4, 0.5) is 5.69 Å². The number of hydrogen-bond acceptors (Lipinski definition) is 3. The van der Waals surface area contributed by atoms with E-state index in [1.165, 1.54) is 12.1 Å². The minimum atomic E-state index is -0.800. The van der Waals surface area contributed by atoms with E-state index in [-0.39, 0.29) is 11.6 Å². The zero-order valence-electron chi connectivity index (χ0n) is 9.91. The number of hydrogen-bond donors (Lipinski definition) is 1. The van der Waals surface area contributed by atoms with Crippen LogP contribution in [0, 0.1) is 16.0 Å². The second-order valence-electron chi connectivity index (χ2n) is 4.69. The normalized spacial score (nSPS) is 23.6. The highest BCUT2D eigenvalue weighted by atomic mass is 16.6. The molecule has 2 rings (SSSR count). The first-order valence-corrected chi connectivity index (χ1v) is 6.07. The van der Waals surface area contributed by atoms with E-state index in [9.17, 15) is 20.0 Å². The number of carboxylic acids is 1. The molecule has 0 spiro atoms. The first kappa shape index (κ1) is 12.5. The van der Waals surface area contributed by atoms with Gasteiger partial charge in [0.15, 0.2) is 0 Å². The Morgan fingerprint density at radius 3 is 2.72 bits per heavy atom. The van der Waals surface area contributed by atoms with Gasteiger partial charge >= 0.3 is 5.97 Å². The molecular formula is C13H15NO4. The lowest BCUT2D eigenvalue weighted by molar-refractivity contribution is -0.384. The SMILES string of the molecule is O=C(O)C1CCCCC1c1cccc([N+](=O)[O-])c1. The van der Waals surface area contributed by atoms with E-state index in [4.69, 9.17) is 0 Å². The van der Waals surface area contributed by atoms with E-state index in [2.05, 4.69) is 0 Å². The van der Waals surface area contributed by atoms with Crippen molar-refractivity contribution in [3.8, 4) is 0 Å². The number of rotatable bonds is 3. The molecule has 2 atom stereocenters. The minimum Gasteiger partial charge on any atom is -0.481 e. The molecule has 1 aromatic rings. The Labute approximate surface area is 105 Å². The van der Waals surface area contributed by atoms with Gasteiger partial charge in [-0.25, -0.2) is 0 Å². The summed E-state index contributed by atoms with van der Waals surface area (Å²) in [6, 6.07) is 6.36. The molecule has 2 unspecified atom stereocenters. The van der Waals surface area contributed by atoms with Crippen molar-refractivity contribution in [2.75, 3.05) is 0 Å². The Bertz CT molecular complexity index is 472. The number of nitro benzene ring substituents is 1. The summed E-state index contributed by atoms with van der Waals surface area (Å²) in [5.41, 5.74) is 0.804. The van der Waals surface area contributed by atoms with Gasteiger partial charge in [0.05, 0.1) is 10.8 Å². The molecule has 0 saturated heterocycles. The fourth-order valence-corrected chi connectivity index (χ4v) is 2.69. The number of aliphatic carboxylic acids is 1. The summed E-state index contributed by atoms with van der Waals surface area (Å²) in [5, 5.41) is 20.0. The Morgan fingerprint density at radius 1 is 1.33 bits per heavy atom. The molecule has 5 nitrogen and oxygen atoms in total. The highest BCUT2D eigenvalue weighted by Crippen LogP contribution is 2.38. The van der Waals surface area contributed by atoms with Gasteiger partial charge in [-0.2, -0.15) is 0 Å². The monoisotopic (exact) mass is 249 g/mol. The zero-order valence-corrected chi connectivity index (χ0v) is 9.91. The molecule has 1 N–H and O–H groups in total. The summed E-state index contributed by atoms with van der Waals surface area (Å²) in [6.07, 6.45) is 3.35. The Kier molecular flexibility index (Phi) is 3.60. The molecule has 0 bridgehead atoms. The Morgan fingerprint density at radius 2 is 2.06 bits per heavy atom. The Hall–Kier alpha value is -1.91. The molecule has 0 aromatic heterocycles. The summed E-state index contributed by atoms with van der Waals surface area (Å²) in [7, 11) is 0. The van der Waals surface area contributed by atoms with Crippen molar-refractivity contribution < 1.29 is 14.8 Å². The van der Waals surface area contributed by atoms with Crippen LogP contribution >= 0.6 is 0 Å². The maximum atomic E-state index is 11.2. The third-order valence-electron chi connectivity index (χ3n) is 3.59. The van der Waals surface area contributed by atoms with E-state index < -0.39 is 16.8 Å². The fourth-order valence-electron chi connectivity index (χ4n) is 2.69. The molecule has 1 saturated carbocycles. The summed E-state index contributed by atoms with van der Waals surface area (Å²) in [6.45, 7) is 0. The number of nitro groups is 1. The summed E-state index contributed by atoms with van der Waals surface area (Å²) in [5.74, 6) is -1.32. The number of carbonyl (C=O) groups is 1. The maximum absolute atomic E-state index is 11.2. The van der Waals surface area contributed by atoms with Gasteiger partial charge in [-0.3, -0.25) is 14.9 Å². The largest absolute Gasteiger partial charge is 0.481 e. The molecule has 1 fully saturated rings. The van der Waals surface area contributed by atoms with Gasteiger partial charge in [0.25, 0.3) is 5.69 Å². The maximum Gasteiger partial charge on any atom is 0.307 e. The second kappa shape index (κ2) is 5.16. The van der Waals surface area contributed by atoms with Crippen LogP contribution in [0.1, 0.15) is 37.2 Å². The first-order chi connectivity index (χ1) is 8.59. The smallest absolute Gasteiger partial charge is 0.307 e. The highest BCUT2D eigenvalue weighted by Gasteiger charge is 2.32. The van der Waals surface area contributed by atoms with Gasteiger partial charge in [-0.1, -0.05) is 25.0 Å². The van der Waals surface area contributed by atoms with Gasteiger partial charge in [0.1, 0.15) is 0 Å². The van der Waals surface area contributed by atoms with Crippen molar-refractivity contribution in [1.82, 2.24) is 0 Å². The van der Waals surface area contributed by atoms with Crippen LogP contribution in [0.15, 0.2) is 24.3 Å². The molecule has 0 heterocycles. The van der Waals surface area contributed by atoms with Gasteiger partial charge < -0.3 is 5.11 Å². The third kappa shape index (κ3) is 2.50. The Balaban J connectivity index is 2.30. The van der Waals surface area contributed by atoms with Crippen molar-refractivity contribution in [3.63, 3.8) is 0 Å². The summed E-state index contributed by atoms with van der Waals surface area (Å²) < 4.78 is 0. The molecule has 1 aliphatic carbocycles. The van der Waals surface area contributed by atoms with Gasteiger partial charge in [-0.05, 0) is 24.3 Å². The van der Waals surface area contributed by atoms with Crippen LogP contribution in [0.25, 0.3) is 0 Å². The van der Waals surface area contributed by atoms with Gasteiger partial charge in [0, 0.05) is 12.1 Å². The molecule has 1 aromatic carbocycles. The molecule has 5 heteroatoms. The standard InChI is InChI=1S/C13H15NO4/c15-13(16)12-7-2-1-6-11(12)9-4-3-5-10(8-9)14(17)18/h3-5,8,11-12H,1-2,6-7H2,(H,15,16). The van der Waals surface area contributed by atoms with E-state index in [0.717, 1.165) is 24.8 Å². The second-order valence-corrected chi connectivity index (χ2v) is 4.69. The van der Waals surface area contributed by atoms with Gasteiger partial charge in [0.2, 0.25) is 0 Å². The molecule has 1 aliphatic rings. The molecule has 96 valence electrons. The minimum absolute atomic E-state index is 0.0298. The highest BCUT2D eigenvalue weighted by molar-refractivity contribution is 5.71. The quantitative estimate of drug-likeness (QED) is 0.659. The summed E-state index contributed by atoms with van der Waals surface area (Å²) in [4.78, 5) is 21.5. The van der Waals surface area contributed by atoms with E-state index >= 15 is 0 Å². The lowest BCUT2D eigenvalue weighted by atomic mass is 9.75. The van der Waals surface area contributed by atoms with Crippen LogP contribution in [-0.2, 0) is 4.79 Å². The van der Waals surface area contributed by atoms with E-state index in [0.29, 0.717) is 6.42 Å². The molecule has 0 amide bonds. The molecule has 0 aliphatic heterocycles. The topological polar surface area (TPSA) is 80.4 Å². The predicted octanol–water partition coefficient (Wildman–Crippen LogP) is 2.95. The molecule has 18 heavy (non-hydrogen) atoms. The van der Waals surface area contributed by atoms with Crippen LogP contribution in [0.2, 0.25) is 0 Å². The fraction of sp³-hybridized carbons (Fsp3) is 0.462. The van der Waals surface area contributed by atoms with Crippen molar-refractivity contribution in [1.29, 1.82) is 0 Å². The lowest BCUT2D eigenvalue weighted by Gasteiger charge is -2.28. The number of benzene rings is 1. The van der Waals surface area contributed by atoms with Crippen molar-refractivity contribution in [2.45, 2.75) is 31.6 Å². The molecule has 0 radical (unpaired) electrons. The van der Waals surface area contributed by atoms with Crippen LogP contribution in [-0.4, -0.2) is 16.0 Å². The third-order valence-corrected chi connectivity index (χ3v) is 3.59. The van der Waals surface area contributed by atoms with Crippen LogP contribution in [0.5, 0.6) is 0 Å². The lowest BCUT2D eigenvalue weighted by Crippen LogP contribution is -2.25. The summed E-state index contributed by atoms with van der Waals surface area (Å²) >= 11 is 0. The van der Waals surface area contributed by atoms with E-state index in [1.54, 1.807) is 12.1 Å². The van der Waals surface area contributed by atoms with Crippen molar-refractivity contribution >= 4 is 11.7 Å². The molecular weight excluding hydrogens is 234 g/mol. The van der Waals surface area contributed by atoms with Crippen molar-refractivity contribution in [2.24, 2.45) is 5.92 Å². The van der Waals surface area contributed by atoms with Crippen LogP contribution in [0.3, 0.4) is 0 Å². The number of nitrogens with zero attached hydrogens (tertiary/aromatic N) is 1. The first-order valence-electron chi connectivity index (χ1n) is 6.07. The predicted molar refractivity (Wildman–Crippen MR) is 65.4 cm³/mol. The van der Waals surface area contributed by atoms with E-state index in [1.807, 2.05) is 0 Å².